The van der Waals surface area contributed by atoms with Crippen LogP contribution in [0.1, 0.15) is 24.5 Å². The molecule has 1 aliphatic carbocycles. The van der Waals surface area contributed by atoms with Gasteiger partial charge in [-0.15, -0.1) is 0 Å². The standard InChI is InChI=1S/C15H14Cl2N4O2/c16-9-3-10(17)5-11(4-9)19-13-6-12(8-1-2-8)20-15(21-13)18-7-14(22)23/h3-6,8H,1-2,7H2,(H,22,23)(H2,18,19,20,21). The van der Waals surface area contributed by atoms with E-state index in [1.165, 1.54) is 0 Å². The van der Waals surface area contributed by atoms with E-state index in [9.17, 15) is 4.79 Å². The molecule has 3 N–H and O–H groups in total. The summed E-state index contributed by atoms with van der Waals surface area (Å²) < 4.78 is 0. The molecule has 0 radical (unpaired) electrons. The third-order valence-electron chi connectivity index (χ3n) is 3.27. The zero-order valence-electron chi connectivity index (χ0n) is 12.0. The maximum absolute atomic E-state index is 10.7. The molecule has 1 heterocycles. The van der Waals surface area contributed by atoms with Crippen molar-refractivity contribution in [1.29, 1.82) is 0 Å². The van der Waals surface area contributed by atoms with E-state index in [0.29, 0.717) is 27.5 Å². The second-order valence-corrected chi connectivity index (χ2v) is 6.18. The Morgan fingerprint density at radius 2 is 1.87 bits per heavy atom. The minimum atomic E-state index is -0.971. The fourth-order valence-electron chi connectivity index (χ4n) is 2.13. The van der Waals surface area contributed by atoms with Gasteiger partial charge in [-0.3, -0.25) is 4.79 Å². The van der Waals surface area contributed by atoms with Crippen molar-refractivity contribution in [2.24, 2.45) is 0 Å². The van der Waals surface area contributed by atoms with Crippen LogP contribution in [0.4, 0.5) is 17.5 Å². The second-order valence-electron chi connectivity index (χ2n) is 5.31. The predicted octanol–water partition coefficient (Wildman–Crippen LogP) is 3.90. The number of aliphatic carboxylic acids is 1. The lowest BCUT2D eigenvalue weighted by Gasteiger charge is -2.11. The molecule has 0 saturated heterocycles. The molecule has 0 aliphatic heterocycles. The molecule has 1 saturated carbocycles. The number of anilines is 3. The number of hydrogen-bond acceptors (Lipinski definition) is 5. The zero-order chi connectivity index (χ0) is 16.4. The fourth-order valence-corrected chi connectivity index (χ4v) is 2.65. The van der Waals surface area contributed by atoms with Crippen LogP contribution in [0.25, 0.3) is 0 Å². The number of nitrogens with zero attached hydrogens (tertiary/aromatic N) is 2. The summed E-state index contributed by atoms with van der Waals surface area (Å²) in [6.07, 6.45) is 2.16. The van der Waals surface area contributed by atoms with Crippen LogP contribution in [0.2, 0.25) is 10.0 Å². The van der Waals surface area contributed by atoms with E-state index in [1.54, 1.807) is 18.2 Å². The summed E-state index contributed by atoms with van der Waals surface area (Å²) in [6.45, 7) is -0.240. The minimum Gasteiger partial charge on any atom is -0.480 e. The van der Waals surface area contributed by atoms with Gasteiger partial charge < -0.3 is 15.7 Å². The molecule has 3 rings (SSSR count). The molecule has 0 amide bonds. The molecule has 0 atom stereocenters. The minimum absolute atomic E-state index is 0.240. The van der Waals surface area contributed by atoms with Crippen molar-refractivity contribution in [3.8, 4) is 0 Å². The molecular weight excluding hydrogens is 339 g/mol. The van der Waals surface area contributed by atoms with Gasteiger partial charge in [0, 0.05) is 27.7 Å². The average molecular weight is 353 g/mol. The molecule has 2 aromatic rings. The van der Waals surface area contributed by atoms with Crippen LogP contribution < -0.4 is 10.6 Å². The van der Waals surface area contributed by atoms with E-state index in [0.717, 1.165) is 18.5 Å². The first-order chi connectivity index (χ1) is 11.0. The lowest BCUT2D eigenvalue weighted by atomic mass is 10.2. The van der Waals surface area contributed by atoms with Gasteiger partial charge in [0.2, 0.25) is 5.95 Å². The van der Waals surface area contributed by atoms with Crippen molar-refractivity contribution >= 4 is 46.6 Å². The number of halogens is 2. The Labute approximate surface area is 142 Å². The van der Waals surface area contributed by atoms with Crippen molar-refractivity contribution in [2.45, 2.75) is 18.8 Å². The van der Waals surface area contributed by atoms with Gasteiger partial charge in [-0.05, 0) is 31.0 Å². The molecule has 23 heavy (non-hydrogen) atoms. The third-order valence-corrected chi connectivity index (χ3v) is 3.71. The third kappa shape index (κ3) is 4.46. The van der Waals surface area contributed by atoms with Crippen molar-refractivity contribution in [3.05, 3.63) is 40.0 Å². The Kier molecular flexibility index (Phi) is 4.54. The Balaban J connectivity index is 1.86. The van der Waals surface area contributed by atoms with Crippen LogP contribution in [0.5, 0.6) is 0 Å². The number of nitrogens with one attached hydrogen (secondary N) is 2. The molecule has 1 fully saturated rings. The predicted molar refractivity (Wildman–Crippen MR) is 89.9 cm³/mol. The van der Waals surface area contributed by atoms with E-state index in [-0.39, 0.29) is 12.5 Å². The van der Waals surface area contributed by atoms with Crippen LogP contribution >= 0.6 is 23.2 Å². The Bertz CT molecular complexity index is 730. The molecule has 6 nitrogen and oxygen atoms in total. The van der Waals surface area contributed by atoms with Gasteiger partial charge in [0.1, 0.15) is 12.4 Å². The highest BCUT2D eigenvalue weighted by Gasteiger charge is 2.26. The maximum Gasteiger partial charge on any atom is 0.322 e. The lowest BCUT2D eigenvalue weighted by molar-refractivity contribution is -0.134. The van der Waals surface area contributed by atoms with Crippen LogP contribution in [0.15, 0.2) is 24.3 Å². The summed E-state index contributed by atoms with van der Waals surface area (Å²) in [5.74, 6) is 0.286. The number of carboxylic acids is 1. The second kappa shape index (κ2) is 6.60. The van der Waals surface area contributed by atoms with Gasteiger partial charge in [-0.1, -0.05) is 23.2 Å². The molecule has 0 bridgehead atoms. The number of carbonyl (C=O) groups is 1. The molecule has 1 aliphatic rings. The first-order valence-electron chi connectivity index (χ1n) is 7.07. The van der Waals surface area contributed by atoms with Gasteiger partial charge in [-0.2, -0.15) is 4.98 Å². The topological polar surface area (TPSA) is 87.1 Å². The van der Waals surface area contributed by atoms with Crippen LogP contribution in [-0.2, 0) is 4.79 Å². The van der Waals surface area contributed by atoms with E-state index in [1.807, 2.05) is 6.07 Å². The van der Waals surface area contributed by atoms with E-state index >= 15 is 0 Å². The lowest BCUT2D eigenvalue weighted by Crippen LogP contribution is -2.15. The number of aromatic nitrogens is 2. The first-order valence-corrected chi connectivity index (χ1v) is 7.83. The number of carboxylic acid groups (broad SMARTS) is 1. The van der Waals surface area contributed by atoms with Crippen LogP contribution in [-0.4, -0.2) is 27.6 Å². The van der Waals surface area contributed by atoms with Gasteiger partial charge in [0.15, 0.2) is 0 Å². The Morgan fingerprint density at radius 3 is 2.48 bits per heavy atom. The normalized spacial score (nSPS) is 13.7. The summed E-state index contributed by atoms with van der Waals surface area (Å²) in [4.78, 5) is 19.3. The highest BCUT2D eigenvalue weighted by Crippen LogP contribution is 2.40. The molecule has 0 spiro atoms. The fraction of sp³-hybridized carbons (Fsp3) is 0.267. The highest BCUT2D eigenvalue weighted by atomic mass is 35.5. The van der Waals surface area contributed by atoms with Crippen molar-refractivity contribution in [1.82, 2.24) is 9.97 Å². The summed E-state index contributed by atoms with van der Waals surface area (Å²) in [5.41, 5.74) is 1.59. The summed E-state index contributed by atoms with van der Waals surface area (Å²) in [6, 6.07) is 6.97. The number of hydrogen-bond donors (Lipinski definition) is 3. The first kappa shape index (κ1) is 15.8. The largest absolute Gasteiger partial charge is 0.480 e. The van der Waals surface area contributed by atoms with Gasteiger partial charge >= 0.3 is 5.97 Å². The quantitative estimate of drug-likeness (QED) is 0.730. The molecule has 0 unspecified atom stereocenters. The van der Waals surface area contributed by atoms with Crippen molar-refractivity contribution in [3.63, 3.8) is 0 Å². The molecule has 1 aromatic heterocycles. The maximum atomic E-state index is 10.7. The van der Waals surface area contributed by atoms with Crippen molar-refractivity contribution in [2.75, 3.05) is 17.2 Å². The average Bonchev–Trinajstić information content (AvgIpc) is 3.28. The zero-order valence-corrected chi connectivity index (χ0v) is 13.5. The Hall–Kier alpha value is -2.05. The van der Waals surface area contributed by atoms with E-state index < -0.39 is 5.97 Å². The molecule has 1 aromatic carbocycles. The van der Waals surface area contributed by atoms with E-state index in [4.69, 9.17) is 28.3 Å². The molecule has 8 heteroatoms. The van der Waals surface area contributed by atoms with Crippen LogP contribution in [0, 0.1) is 0 Å². The SMILES string of the molecule is O=C(O)CNc1nc(Nc2cc(Cl)cc(Cl)c2)cc(C2CC2)n1. The molecule has 120 valence electrons. The van der Waals surface area contributed by atoms with Crippen molar-refractivity contribution < 1.29 is 9.90 Å². The smallest absolute Gasteiger partial charge is 0.322 e. The number of benzene rings is 1. The highest BCUT2D eigenvalue weighted by molar-refractivity contribution is 6.35. The summed E-state index contributed by atoms with van der Waals surface area (Å²) >= 11 is 12.0. The summed E-state index contributed by atoms with van der Waals surface area (Å²) in [5, 5.41) is 15.6. The molecular formula is C15H14Cl2N4O2. The van der Waals surface area contributed by atoms with Gasteiger partial charge in [-0.25, -0.2) is 4.98 Å². The van der Waals surface area contributed by atoms with Gasteiger partial charge in [0.05, 0.1) is 5.69 Å². The Morgan fingerprint density at radius 1 is 1.17 bits per heavy atom. The number of rotatable bonds is 6. The monoisotopic (exact) mass is 352 g/mol. The van der Waals surface area contributed by atoms with Crippen LogP contribution in [0.3, 0.4) is 0 Å². The summed E-state index contributed by atoms with van der Waals surface area (Å²) in [7, 11) is 0. The van der Waals surface area contributed by atoms with E-state index in [2.05, 4.69) is 20.6 Å². The van der Waals surface area contributed by atoms with Gasteiger partial charge in [0.25, 0.3) is 0 Å².